The molecular weight excluding hydrogens is 304 g/mol. The van der Waals surface area contributed by atoms with E-state index in [4.69, 9.17) is 9.47 Å². The summed E-state index contributed by atoms with van der Waals surface area (Å²) in [4.78, 5) is 0.464. The third-order valence-corrected chi connectivity index (χ3v) is 5.14. The van der Waals surface area contributed by atoms with E-state index < -0.39 is 0 Å². The molecule has 1 heterocycles. The van der Waals surface area contributed by atoms with E-state index in [1.807, 2.05) is 0 Å². The lowest BCUT2D eigenvalue weighted by Crippen LogP contribution is -2.31. The molecule has 104 valence electrons. The molecule has 2 aliphatic rings. The molecule has 3 heteroatoms. The summed E-state index contributed by atoms with van der Waals surface area (Å²) >= 11 is 3.85. The summed E-state index contributed by atoms with van der Waals surface area (Å²) in [5, 5.41) is 0. The van der Waals surface area contributed by atoms with Crippen LogP contribution >= 0.6 is 15.9 Å². The van der Waals surface area contributed by atoms with Gasteiger partial charge in [-0.3, -0.25) is 0 Å². The second-order valence-corrected chi connectivity index (χ2v) is 6.74. The number of fused-ring (bicyclic) bond motifs is 1. The third-order valence-electron chi connectivity index (χ3n) is 4.24. The zero-order chi connectivity index (χ0) is 13.2. The average Bonchev–Trinajstić information content (AvgIpc) is 2.83. The Kier molecular flexibility index (Phi) is 4.25. The van der Waals surface area contributed by atoms with Gasteiger partial charge in [0.05, 0.1) is 19.3 Å². The smallest absolute Gasteiger partial charge is 0.0725 e. The van der Waals surface area contributed by atoms with E-state index in [0.29, 0.717) is 10.9 Å². The predicted molar refractivity (Wildman–Crippen MR) is 79.4 cm³/mol. The van der Waals surface area contributed by atoms with Gasteiger partial charge in [-0.1, -0.05) is 34.1 Å². The zero-order valence-electron chi connectivity index (χ0n) is 11.4. The number of hydrogen-bond acceptors (Lipinski definition) is 2. The van der Waals surface area contributed by atoms with Gasteiger partial charge in [0.25, 0.3) is 0 Å². The van der Waals surface area contributed by atoms with Gasteiger partial charge >= 0.3 is 0 Å². The first-order valence-electron chi connectivity index (χ1n) is 7.21. The standard InChI is InChI=1S/C16H21BrO2/c1-2-19-15-5-11(6-15)7-16(17)12-3-4-13-9-18-10-14(13)8-12/h3-4,8,11,15-16H,2,5-7,9-10H2,1H3. The minimum absolute atomic E-state index is 0.464. The van der Waals surface area contributed by atoms with Gasteiger partial charge in [-0.05, 0) is 48.8 Å². The molecule has 0 N–H and O–H groups in total. The van der Waals surface area contributed by atoms with Gasteiger partial charge in [-0.25, -0.2) is 0 Å². The Morgan fingerprint density at radius 3 is 2.89 bits per heavy atom. The highest BCUT2D eigenvalue weighted by molar-refractivity contribution is 9.09. The van der Waals surface area contributed by atoms with Crippen molar-refractivity contribution in [2.75, 3.05) is 6.61 Å². The lowest BCUT2D eigenvalue weighted by Gasteiger charge is -2.36. The first-order valence-corrected chi connectivity index (χ1v) is 8.13. The van der Waals surface area contributed by atoms with Crippen LogP contribution < -0.4 is 0 Å². The van der Waals surface area contributed by atoms with Crippen LogP contribution in [0.15, 0.2) is 18.2 Å². The Morgan fingerprint density at radius 1 is 1.32 bits per heavy atom. The molecule has 1 aromatic carbocycles. The predicted octanol–water partition coefficient (Wildman–Crippen LogP) is 4.36. The summed E-state index contributed by atoms with van der Waals surface area (Å²) in [5.74, 6) is 0.811. The van der Waals surface area contributed by atoms with Crippen molar-refractivity contribution in [3.05, 3.63) is 34.9 Å². The van der Waals surface area contributed by atoms with Crippen molar-refractivity contribution in [3.8, 4) is 0 Å². The van der Waals surface area contributed by atoms with Gasteiger partial charge in [0.2, 0.25) is 0 Å². The van der Waals surface area contributed by atoms with Crippen molar-refractivity contribution in [2.24, 2.45) is 5.92 Å². The molecule has 0 spiro atoms. The van der Waals surface area contributed by atoms with E-state index >= 15 is 0 Å². The summed E-state index contributed by atoms with van der Waals surface area (Å²) in [5.41, 5.74) is 4.11. The highest BCUT2D eigenvalue weighted by atomic mass is 79.9. The molecule has 1 saturated carbocycles. The average molecular weight is 325 g/mol. The molecule has 0 bridgehead atoms. The fraction of sp³-hybridized carbons (Fsp3) is 0.625. The second kappa shape index (κ2) is 5.94. The molecule has 3 rings (SSSR count). The van der Waals surface area contributed by atoms with E-state index in [1.54, 1.807) is 0 Å². The van der Waals surface area contributed by atoms with Crippen molar-refractivity contribution in [3.63, 3.8) is 0 Å². The van der Waals surface area contributed by atoms with E-state index in [1.165, 1.54) is 36.0 Å². The van der Waals surface area contributed by atoms with Gasteiger partial charge in [0.15, 0.2) is 0 Å². The van der Waals surface area contributed by atoms with Crippen LogP contribution in [0.2, 0.25) is 0 Å². The molecule has 0 radical (unpaired) electrons. The zero-order valence-corrected chi connectivity index (χ0v) is 13.0. The maximum Gasteiger partial charge on any atom is 0.0725 e. The van der Waals surface area contributed by atoms with Crippen molar-refractivity contribution < 1.29 is 9.47 Å². The lowest BCUT2D eigenvalue weighted by molar-refractivity contribution is -0.0264. The molecule has 19 heavy (non-hydrogen) atoms. The van der Waals surface area contributed by atoms with E-state index in [-0.39, 0.29) is 0 Å². The quantitative estimate of drug-likeness (QED) is 0.749. The van der Waals surface area contributed by atoms with E-state index in [0.717, 1.165) is 25.7 Å². The van der Waals surface area contributed by atoms with E-state index in [2.05, 4.69) is 41.1 Å². The monoisotopic (exact) mass is 324 g/mol. The Labute approximate surface area is 123 Å². The van der Waals surface area contributed by atoms with Crippen LogP contribution in [-0.2, 0) is 22.7 Å². The Morgan fingerprint density at radius 2 is 2.11 bits per heavy atom. The molecule has 1 fully saturated rings. The van der Waals surface area contributed by atoms with Crippen LogP contribution in [0.3, 0.4) is 0 Å². The van der Waals surface area contributed by atoms with Crippen LogP contribution in [0.1, 0.15) is 47.7 Å². The number of halogens is 1. The van der Waals surface area contributed by atoms with Crippen molar-refractivity contribution in [2.45, 2.75) is 50.3 Å². The number of rotatable bonds is 5. The highest BCUT2D eigenvalue weighted by Gasteiger charge is 2.31. The molecule has 1 atom stereocenters. The molecule has 1 aliphatic carbocycles. The van der Waals surface area contributed by atoms with Crippen molar-refractivity contribution >= 4 is 15.9 Å². The molecule has 0 amide bonds. The molecule has 1 aliphatic heterocycles. The number of alkyl halides is 1. The molecule has 0 aromatic heterocycles. The van der Waals surface area contributed by atoms with Crippen molar-refractivity contribution in [1.82, 2.24) is 0 Å². The Bertz CT molecular complexity index is 440. The second-order valence-electron chi connectivity index (χ2n) is 5.64. The minimum Gasteiger partial charge on any atom is -0.378 e. The number of ether oxygens (including phenoxy) is 2. The van der Waals surface area contributed by atoms with Crippen LogP contribution in [0.25, 0.3) is 0 Å². The molecular formula is C16H21BrO2. The molecule has 2 nitrogen and oxygen atoms in total. The summed E-state index contributed by atoms with van der Waals surface area (Å²) in [6, 6.07) is 6.77. The largest absolute Gasteiger partial charge is 0.378 e. The van der Waals surface area contributed by atoms with Crippen LogP contribution in [0.4, 0.5) is 0 Å². The Balaban J connectivity index is 1.55. The molecule has 0 saturated heterocycles. The fourth-order valence-electron chi connectivity index (χ4n) is 3.05. The summed E-state index contributed by atoms with van der Waals surface area (Å²) in [6.45, 7) is 4.48. The summed E-state index contributed by atoms with van der Waals surface area (Å²) < 4.78 is 11.1. The molecule has 1 aromatic rings. The Hall–Kier alpha value is -0.380. The first kappa shape index (κ1) is 13.6. The minimum atomic E-state index is 0.464. The number of benzene rings is 1. The molecule has 1 unspecified atom stereocenters. The van der Waals surface area contributed by atoms with Gasteiger partial charge < -0.3 is 9.47 Å². The topological polar surface area (TPSA) is 18.5 Å². The fourth-order valence-corrected chi connectivity index (χ4v) is 3.87. The maximum absolute atomic E-state index is 5.62. The van der Waals surface area contributed by atoms with Gasteiger partial charge in [-0.2, -0.15) is 0 Å². The summed E-state index contributed by atoms with van der Waals surface area (Å²) in [7, 11) is 0. The van der Waals surface area contributed by atoms with E-state index in [9.17, 15) is 0 Å². The van der Waals surface area contributed by atoms with Crippen molar-refractivity contribution in [1.29, 1.82) is 0 Å². The highest BCUT2D eigenvalue weighted by Crippen LogP contribution is 2.40. The van der Waals surface area contributed by atoms with Gasteiger partial charge in [0.1, 0.15) is 0 Å². The lowest BCUT2D eigenvalue weighted by atomic mass is 9.78. The first-order chi connectivity index (χ1) is 9.26. The maximum atomic E-state index is 5.62. The summed E-state index contributed by atoms with van der Waals surface area (Å²) in [6.07, 6.45) is 4.18. The van der Waals surface area contributed by atoms with Crippen LogP contribution in [0, 0.1) is 5.92 Å². The normalized spacial score (nSPS) is 26.8. The van der Waals surface area contributed by atoms with Gasteiger partial charge in [-0.15, -0.1) is 0 Å². The van der Waals surface area contributed by atoms with Crippen LogP contribution in [-0.4, -0.2) is 12.7 Å². The number of hydrogen-bond donors (Lipinski definition) is 0. The third kappa shape index (κ3) is 3.04. The van der Waals surface area contributed by atoms with Crippen LogP contribution in [0.5, 0.6) is 0 Å². The SMILES string of the molecule is CCOC1CC(CC(Br)c2ccc3c(c2)COC3)C1. The van der Waals surface area contributed by atoms with Gasteiger partial charge in [0, 0.05) is 11.4 Å².